The Balaban J connectivity index is 1.44. The van der Waals surface area contributed by atoms with E-state index in [0.29, 0.717) is 42.4 Å². The van der Waals surface area contributed by atoms with Crippen LogP contribution in [0.2, 0.25) is 0 Å². The van der Waals surface area contributed by atoms with Crippen LogP contribution in [0.4, 0.5) is 5.69 Å². The van der Waals surface area contributed by atoms with E-state index >= 15 is 0 Å². The Morgan fingerprint density at radius 3 is 2.35 bits per heavy atom. The van der Waals surface area contributed by atoms with Gasteiger partial charge in [-0.25, -0.2) is 0 Å². The van der Waals surface area contributed by atoms with Gasteiger partial charge in [-0.2, -0.15) is 0 Å². The maximum atomic E-state index is 12.7. The number of thiophene rings is 1. The first-order valence-electron chi connectivity index (χ1n) is 10.3. The lowest BCUT2D eigenvalue weighted by molar-refractivity contribution is 0.0773. The first-order chi connectivity index (χ1) is 15.1. The van der Waals surface area contributed by atoms with Gasteiger partial charge in [-0.15, -0.1) is 11.3 Å². The molecule has 0 aliphatic carbocycles. The number of ether oxygens (including phenoxy) is 2. The third-order valence-corrected chi connectivity index (χ3v) is 6.23. The number of nitrogens with zero attached hydrogens (tertiary/aromatic N) is 1. The molecule has 1 aliphatic heterocycles. The van der Waals surface area contributed by atoms with Crippen LogP contribution in [0.3, 0.4) is 0 Å². The molecule has 0 radical (unpaired) electrons. The highest BCUT2D eigenvalue weighted by molar-refractivity contribution is 7.17. The second-order valence-corrected chi connectivity index (χ2v) is 8.12. The van der Waals surface area contributed by atoms with E-state index < -0.39 is 0 Å². The second-order valence-electron chi connectivity index (χ2n) is 7.03. The van der Waals surface area contributed by atoms with Crippen molar-refractivity contribution in [2.24, 2.45) is 0 Å². The smallest absolute Gasteiger partial charge is 0.265 e. The van der Waals surface area contributed by atoms with Crippen LogP contribution in [-0.4, -0.2) is 43.0 Å². The highest BCUT2D eigenvalue weighted by Gasteiger charge is 2.16. The normalized spacial score (nSPS) is 12.3. The summed E-state index contributed by atoms with van der Waals surface area (Å²) in [6.45, 7) is 6.33. The molecular formula is C24H24N2O4S. The Hall–Kier alpha value is -3.32. The van der Waals surface area contributed by atoms with Crippen molar-refractivity contribution in [3.05, 3.63) is 65.0 Å². The number of anilines is 1. The van der Waals surface area contributed by atoms with Gasteiger partial charge in [0.2, 0.25) is 0 Å². The van der Waals surface area contributed by atoms with Crippen molar-refractivity contribution in [2.75, 3.05) is 31.6 Å². The molecule has 0 spiro atoms. The maximum Gasteiger partial charge on any atom is 0.265 e. The van der Waals surface area contributed by atoms with Gasteiger partial charge in [-0.3, -0.25) is 9.59 Å². The van der Waals surface area contributed by atoms with Gasteiger partial charge in [0.15, 0.2) is 11.5 Å². The van der Waals surface area contributed by atoms with Crippen molar-refractivity contribution in [3.8, 4) is 21.9 Å². The Morgan fingerprint density at radius 1 is 0.935 bits per heavy atom. The van der Waals surface area contributed by atoms with Crippen LogP contribution in [0.5, 0.6) is 11.5 Å². The predicted octanol–water partition coefficient (Wildman–Crippen LogP) is 4.92. The second kappa shape index (κ2) is 9.22. The minimum atomic E-state index is -0.184. The summed E-state index contributed by atoms with van der Waals surface area (Å²) in [6, 6.07) is 16.5. The standard InChI is InChI=1S/C24H24N2O4S/c1-3-26(4-2)24(28)16-5-8-18(9-6-16)25-23(27)22-12-11-21(31-22)17-7-10-19-20(15-17)30-14-13-29-19/h5-12,15H,3-4,13-14H2,1-2H3,(H,25,27). The van der Waals surface area contributed by atoms with Crippen molar-refractivity contribution in [2.45, 2.75) is 13.8 Å². The Bertz CT molecular complexity index is 1090. The number of benzene rings is 2. The summed E-state index contributed by atoms with van der Waals surface area (Å²) in [4.78, 5) is 28.4. The number of nitrogens with one attached hydrogen (secondary N) is 1. The lowest BCUT2D eigenvalue weighted by Crippen LogP contribution is -2.30. The number of amides is 2. The molecule has 1 aliphatic rings. The molecule has 0 unspecified atom stereocenters. The van der Waals surface area contributed by atoms with E-state index in [1.165, 1.54) is 11.3 Å². The summed E-state index contributed by atoms with van der Waals surface area (Å²) in [5, 5.41) is 2.90. The van der Waals surface area contributed by atoms with Crippen molar-refractivity contribution < 1.29 is 19.1 Å². The monoisotopic (exact) mass is 436 g/mol. The molecule has 0 bridgehead atoms. The molecule has 0 saturated heterocycles. The molecule has 0 fully saturated rings. The van der Waals surface area contributed by atoms with E-state index in [2.05, 4.69) is 5.32 Å². The van der Waals surface area contributed by atoms with Crippen molar-refractivity contribution in [3.63, 3.8) is 0 Å². The number of hydrogen-bond acceptors (Lipinski definition) is 5. The van der Waals surface area contributed by atoms with Crippen LogP contribution in [0.1, 0.15) is 33.9 Å². The largest absolute Gasteiger partial charge is 0.486 e. The van der Waals surface area contributed by atoms with Crippen LogP contribution >= 0.6 is 11.3 Å². The molecule has 0 atom stereocenters. The summed E-state index contributed by atoms with van der Waals surface area (Å²) in [6.07, 6.45) is 0. The fourth-order valence-corrected chi connectivity index (χ4v) is 4.29. The number of hydrogen-bond donors (Lipinski definition) is 1. The molecular weight excluding hydrogens is 412 g/mol. The third kappa shape index (κ3) is 4.56. The molecule has 160 valence electrons. The first kappa shape index (κ1) is 20.9. The van der Waals surface area contributed by atoms with Gasteiger partial charge in [0.25, 0.3) is 11.8 Å². The van der Waals surface area contributed by atoms with E-state index in [-0.39, 0.29) is 11.8 Å². The molecule has 2 amide bonds. The lowest BCUT2D eigenvalue weighted by atomic mass is 10.1. The number of fused-ring (bicyclic) bond motifs is 1. The lowest BCUT2D eigenvalue weighted by Gasteiger charge is -2.18. The van der Waals surface area contributed by atoms with Crippen molar-refractivity contribution in [1.82, 2.24) is 4.90 Å². The minimum absolute atomic E-state index is 0.00907. The molecule has 7 heteroatoms. The maximum absolute atomic E-state index is 12.7. The number of carbonyl (C=O) groups is 2. The van der Waals surface area contributed by atoms with Gasteiger partial charge < -0.3 is 19.7 Å². The zero-order chi connectivity index (χ0) is 21.8. The fourth-order valence-electron chi connectivity index (χ4n) is 3.39. The molecule has 1 N–H and O–H groups in total. The molecule has 2 aromatic carbocycles. The molecule has 0 saturated carbocycles. The highest BCUT2D eigenvalue weighted by Crippen LogP contribution is 2.37. The van der Waals surface area contributed by atoms with E-state index in [1.54, 1.807) is 29.2 Å². The predicted molar refractivity (Wildman–Crippen MR) is 122 cm³/mol. The van der Waals surface area contributed by atoms with Crippen LogP contribution in [-0.2, 0) is 0 Å². The van der Waals surface area contributed by atoms with Gasteiger partial charge in [-0.1, -0.05) is 0 Å². The van der Waals surface area contributed by atoms with Crippen LogP contribution < -0.4 is 14.8 Å². The molecule has 3 aromatic rings. The molecule has 4 rings (SSSR count). The quantitative estimate of drug-likeness (QED) is 0.596. The van der Waals surface area contributed by atoms with Gasteiger partial charge >= 0.3 is 0 Å². The van der Waals surface area contributed by atoms with Crippen LogP contribution in [0, 0.1) is 0 Å². The Labute approximate surface area is 185 Å². The van der Waals surface area contributed by atoms with E-state index in [0.717, 1.165) is 21.9 Å². The summed E-state index contributed by atoms with van der Waals surface area (Å²) >= 11 is 1.41. The number of rotatable bonds is 6. The summed E-state index contributed by atoms with van der Waals surface area (Å²) in [5.41, 5.74) is 2.24. The molecule has 2 heterocycles. The van der Waals surface area contributed by atoms with Gasteiger partial charge in [0.1, 0.15) is 13.2 Å². The van der Waals surface area contributed by atoms with Gasteiger partial charge in [0.05, 0.1) is 4.88 Å². The minimum Gasteiger partial charge on any atom is -0.486 e. The molecule has 6 nitrogen and oxygen atoms in total. The van der Waals surface area contributed by atoms with Crippen molar-refractivity contribution in [1.29, 1.82) is 0 Å². The van der Waals surface area contributed by atoms with Crippen LogP contribution in [0.25, 0.3) is 10.4 Å². The van der Waals surface area contributed by atoms with Crippen LogP contribution in [0.15, 0.2) is 54.6 Å². The summed E-state index contributed by atoms with van der Waals surface area (Å²) in [7, 11) is 0. The third-order valence-electron chi connectivity index (χ3n) is 5.10. The molecule has 1 aromatic heterocycles. The van der Waals surface area contributed by atoms with Gasteiger partial charge in [-0.05, 0) is 74.0 Å². The Morgan fingerprint density at radius 2 is 1.65 bits per heavy atom. The number of carbonyl (C=O) groups excluding carboxylic acids is 2. The Kier molecular flexibility index (Phi) is 6.23. The summed E-state index contributed by atoms with van der Waals surface area (Å²) in [5.74, 6) is 1.27. The fraction of sp³-hybridized carbons (Fsp3) is 0.250. The molecule has 31 heavy (non-hydrogen) atoms. The summed E-state index contributed by atoms with van der Waals surface area (Å²) < 4.78 is 11.2. The average Bonchev–Trinajstić information content (AvgIpc) is 3.30. The zero-order valence-corrected chi connectivity index (χ0v) is 18.3. The first-order valence-corrected chi connectivity index (χ1v) is 11.1. The SMILES string of the molecule is CCN(CC)C(=O)c1ccc(NC(=O)c2ccc(-c3ccc4c(c3)OCCO4)s2)cc1. The topological polar surface area (TPSA) is 67.9 Å². The zero-order valence-electron chi connectivity index (χ0n) is 17.5. The highest BCUT2D eigenvalue weighted by atomic mass is 32.1. The van der Waals surface area contributed by atoms with Gasteiger partial charge in [0, 0.05) is 29.2 Å². The van der Waals surface area contributed by atoms with E-state index in [9.17, 15) is 9.59 Å². The van der Waals surface area contributed by atoms with E-state index in [1.807, 2.05) is 44.2 Å². The average molecular weight is 437 g/mol. The van der Waals surface area contributed by atoms with E-state index in [4.69, 9.17) is 9.47 Å². The van der Waals surface area contributed by atoms with Crippen molar-refractivity contribution >= 4 is 28.8 Å².